The molecule has 0 unspecified atom stereocenters. The number of nitrogens with zero attached hydrogens (tertiary/aromatic N) is 3. The summed E-state index contributed by atoms with van der Waals surface area (Å²) in [4.78, 5) is 2.35. The fraction of sp³-hybridized carbons (Fsp3) is 0.667. The molecule has 1 atom stereocenters. The first-order valence-electron chi connectivity index (χ1n) is 4.45. The van der Waals surface area contributed by atoms with E-state index in [4.69, 9.17) is 0 Å². The van der Waals surface area contributed by atoms with Gasteiger partial charge in [0.2, 0.25) is 0 Å². The lowest BCUT2D eigenvalue weighted by Gasteiger charge is -2.14. The Morgan fingerprint density at radius 1 is 1.50 bits per heavy atom. The highest BCUT2D eigenvalue weighted by atomic mass is 15.3. The van der Waals surface area contributed by atoms with Gasteiger partial charge in [0.15, 0.2) is 0 Å². The third kappa shape index (κ3) is 1.37. The van der Waals surface area contributed by atoms with Crippen LogP contribution in [0.5, 0.6) is 0 Å². The molecule has 3 heteroatoms. The van der Waals surface area contributed by atoms with E-state index in [0.717, 1.165) is 13.1 Å². The summed E-state index contributed by atoms with van der Waals surface area (Å²) >= 11 is 0. The molecule has 2 rings (SSSR count). The van der Waals surface area contributed by atoms with Gasteiger partial charge in [-0.25, -0.2) is 0 Å². The molecule has 0 fully saturated rings. The second-order valence-corrected chi connectivity index (χ2v) is 3.81. The Balaban J connectivity index is 2.27. The maximum absolute atomic E-state index is 4.29. The van der Waals surface area contributed by atoms with Crippen LogP contribution in [0.2, 0.25) is 0 Å². The van der Waals surface area contributed by atoms with E-state index in [1.54, 1.807) is 0 Å². The zero-order chi connectivity index (χ0) is 8.55. The molecule has 0 bridgehead atoms. The Bertz CT molecular complexity index is 242. The molecule has 0 aliphatic carbocycles. The lowest BCUT2D eigenvalue weighted by Crippen LogP contribution is -2.21. The third-order valence-electron chi connectivity index (χ3n) is 2.34. The van der Waals surface area contributed by atoms with Gasteiger partial charge in [0, 0.05) is 25.8 Å². The van der Waals surface area contributed by atoms with Gasteiger partial charge in [-0.05, 0) is 19.0 Å². The zero-order valence-electron chi connectivity index (χ0n) is 7.70. The minimum Gasteiger partial charge on any atom is -0.300 e. The fourth-order valence-electron chi connectivity index (χ4n) is 1.88. The molecule has 66 valence electrons. The van der Waals surface area contributed by atoms with Crippen molar-refractivity contribution in [2.45, 2.75) is 20.0 Å². The van der Waals surface area contributed by atoms with E-state index in [1.165, 1.54) is 12.2 Å². The molecule has 1 aromatic heterocycles. The molecular weight excluding hydrogens is 150 g/mol. The topological polar surface area (TPSA) is 21.1 Å². The van der Waals surface area contributed by atoms with Crippen LogP contribution < -0.4 is 0 Å². The zero-order valence-corrected chi connectivity index (χ0v) is 7.70. The molecule has 0 radical (unpaired) electrons. The highest BCUT2D eigenvalue weighted by Gasteiger charge is 2.15. The average molecular weight is 165 g/mol. The van der Waals surface area contributed by atoms with Crippen molar-refractivity contribution in [3.63, 3.8) is 0 Å². The molecule has 0 N–H and O–H groups in total. The first-order chi connectivity index (χ1) is 5.75. The smallest absolute Gasteiger partial charge is 0.0524 e. The second-order valence-electron chi connectivity index (χ2n) is 3.81. The predicted molar refractivity (Wildman–Crippen MR) is 47.7 cm³/mol. The normalized spacial score (nSPS) is 25.0. The van der Waals surface area contributed by atoms with Gasteiger partial charge in [-0.1, -0.05) is 6.92 Å². The van der Waals surface area contributed by atoms with E-state index in [0.29, 0.717) is 5.92 Å². The Labute approximate surface area is 73.0 Å². The van der Waals surface area contributed by atoms with Crippen LogP contribution in [0.4, 0.5) is 0 Å². The third-order valence-corrected chi connectivity index (χ3v) is 2.34. The summed E-state index contributed by atoms with van der Waals surface area (Å²) in [6.07, 6.45) is 1.89. The molecule has 0 saturated heterocycles. The molecule has 0 spiro atoms. The molecule has 1 aromatic rings. The summed E-state index contributed by atoms with van der Waals surface area (Å²) in [6, 6.07) is 2.11. The minimum absolute atomic E-state index is 0.705. The van der Waals surface area contributed by atoms with Crippen molar-refractivity contribution in [2.24, 2.45) is 5.92 Å². The SMILES string of the molecule is C[C@H]1CN(C)Cc2ccnn2C1. The summed E-state index contributed by atoms with van der Waals surface area (Å²) in [5, 5.41) is 4.29. The van der Waals surface area contributed by atoms with E-state index < -0.39 is 0 Å². The van der Waals surface area contributed by atoms with Crippen LogP contribution in [0.25, 0.3) is 0 Å². The lowest BCUT2D eigenvalue weighted by atomic mass is 10.2. The van der Waals surface area contributed by atoms with Crippen molar-refractivity contribution < 1.29 is 0 Å². The van der Waals surface area contributed by atoms with Crippen LogP contribution in [-0.4, -0.2) is 28.3 Å². The molecular formula is C9H15N3. The largest absolute Gasteiger partial charge is 0.300 e. The van der Waals surface area contributed by atoms with Crippen LogP contribution in [0.15, 0.2) is 12.3 Å². The molecule has 0 amide bonds. The predicted octanol–water partition coefficient (Wildman–Crippen LogP) is 0.965. The maximum Gasteiger partial charge on any atom is 0.0524 e. The first kappa shape index (κ1) is 7.80. The Morgan fingerprint density at radius 2 is 2.33 bits per heavy atom. The van der Waals surface area contributed by atoms with Crippen molar-refractivity contribution >= 4 is 0 Å². The van der Waals surface area contributed by atoms with Crippen LogP contribution in [0.3, 0.4) is 0 Å². The van der Waals surface area contributed by atoms with E-state index in [-0.39, 0.29) is 0 Å². The summed E-state index contributed by atoms with van der Waals surface area (Å²) in [7, 11) is 2.17. The monoisotopic (exact) mass is 165 g/mol. The van der Waals surface area contributed by atoms with Crippen molar-refractivity contribution in [3.8, 4) is 0 Å². The van der Waals surface area contributed by atoms with Gasteiger partial charge in [0.1, 0.15) is 0 Å². The quantitative estimate of drug-likeness (QED) is 0.571. The second kappa shape index (κ2) is 2.90. The summed E-state index contributed by atoms with van der Waals surface area (Å²) in [6.45, 7) is 5.54. The van der Waals surface area contributed by atoms with Crippen molar-refractivity contribution in [3.05, 3.63) is 18.0 Å². The van der Waals surface area contributed by atoms with E-state index in [1.807, 2.05) is 6.20 Å². The van der Waals surface area contributed by atoms with Gasteiger partial charge >= 0.3 is 0 Å². The van der Waals surface area contributed by atoms with Crippen LogP contribution in [0, 0.1) is 5.92 Å². The maximum atomic E-state index is 4.29. The van der Waals surface area contributed by atoms with Gasteiger partial charge in [-0.2, -0.15) is 5.10 Å². The van der Waals surface area contributed by atoms with E-state index >= 15 is 0 Å². The van der Waals surface area contributed by atoms with Gasteiger partial charge < -0.3 is 4.90 Å². The summed E-state index contributed by atoms with van der Waals surface area (Å²) < 4.78 is 2.12. The summed E-state index contributed by atoms with van der Waals surface area (Å²) in [5.74, 6) is 0.705. The molecule has 0 aromatic carbocycles. The van der Waals surface area contributed by atoms with Crippen molar-refractivity contribution in [1.82, 2.24) is 14.7 Å². The number of hydrogen-bond donors (Lipinski definition) is 0. The molecule has 0 saturated carbocycles. The highest BCUT2D eigenvalue weighted by Crippen LogP contribution is 2.12. The van der Waals surface area contributed by atoms with Gasteiger partial charge in [0.05, 0.1) is 5.69 Å². The molecule has 1 aliphatic rings. The molecule has 2 heterocycles. The highest BCUT2D eigenvalue weighted by molar-refractivity contribution is 5.01. The average Bonchev–Trinajstić information content (AvgIpc) is 2.31. The number of hydrogen-bond acceptors (Lipinski definition) is 2. The standard InChI is InChI=1S/C9H15N3/c1-8-5-11(2)7-9-3-4-10-12(9)6-8/h3-4,8H,5-7H2,1-2H3/t8-/m0/s1. The van der Waals surface area contributed by atoms with Crippen LogP contribution in [-0.2, 0) is 13.1 Å². The van der Waals surface area contributed by atoms with Crippen LogP contribution in [0.1, 0.15) is 12.6 Å². The van der Waals surface area contributed by atoms with Gasteiger partial charge in [0.25, 0.3) is 0 Å². The van der Waals surface area contributed by atoms with E-state index in [2.05, 4.69) is 34.7 Å². The number of aromatic nitrogens is 2. The Kier molecular flexibility index (Phi) is 1.89. The number of fused-ring (bicyclic) bond motifs is 1. The fourth-order valence-corrected chi connectivity index (χ4v) is 1.88. The van der Waals surface area contributed by atoms with Gasteiger partial charge in [-0.15, -0.1) is 0 Å². The molecule has 3 nitrogen and oxygen atoms in total. The number of rotatable bonds is 0. The van der Waals surface area contributed by atoms with E-state index in [9.17, 15) is 0 Å². The lowest BCUT2D eigenvalue weighted by molar-refractivity contribution is 0.287. The first-order valence-corrected chi connectivity index (χ1v) is 4.45. The Morgan fingerprint density at radius 3 is 3.17 bits per heavy atom. The molecule has 1 aliphatic heterocycles. The molecule has 12 heavy (non-hydrogen) atoms. The minimum atomic E-state index is 0.705. The Hall–Kier alpha value is -0.830. The van der Waals surface area contributed by atoms with Crippen LogP contribution >= 0.6 is 0 Å². The van der Waals surface area contributed by atoms with Gasteiger partial charge in [-0.3, -0.25) is 4.68 Å². The van der Waals surface area contributed by atoms with Crippen molar-refractivity contribution in [2.75, 3.05) is 13.6 Å². The van der Waals surface area contributed by atoms with Crippen molar-refractivity contribution in [1.29, 1.82) is 0 Å². The summed E-state index contributed by atoms with van der Waals surface area (Å²) in [5.41, 5.74) is 1.34.